The minimum Gasteiger partial charge on any atom is -0.386 e. The molecule has 4 saturated heterocycles. The highest BCUT2D eigenvalue weighted by Crippen LogP contribution is 2.42. The van der Waals surface area contributed by atoms with Gasteiger partial charge < -0.3 is 5.11 Å². The fourth-order valence-corrected chi connectivity index (χ4v) is 8.69. The van der Waals surface area contributed by atoms with Crippen LogP contribution in [0.5, 0.6) is 0 Å². The third-order valence-corrected chi connectivity index (χ3v) is 11.1. The summed E-state index contributed by atoms with van der Waals surface area (Å²) in [6, 6.07) is 4.77. The van der Waals surface area contributed by atoms with Crippen molar-refractivity contribution in [1.29, 1.82) is 0 Å². The largest absolute Gasteiger partial charge is 0.386 e. The number of pyridine rings is 1. The Bertz CT molecular complexity index is 990. The van der Waals surface area contributed by atoms with Gasteiger partial charge in [-0.15, -0.1) is 0 Å². The number of fused-ring (bicyclic) bond motifs is 6. The van der Waals surface area contributed by atoms with Gasteiger partial charge in [0.05, 0.1) is 35.0 Å². The lowest BCUT2D eigenvalue weighted by Gasteiger charge is -2.50. The number of hydrogen-bond donors (Lipinski definition) is 5. The molecule has 5 rings (SSSR count). The summed E-state index contributed by atoms with van der Waals surface area (Å²) in [7, 11) is 0. The van der Waals surface area contributed by atoms with Crippen molar-refractivity contribution in [2.75, 3.05) is 13.1 Å². The van der Waals surface area contributed by atoms with Gasteiger partial charge in [0.2, 0.25) is 0 Å². The van der Waals surface area contributed by atoms with Gasteiger partial charge in [-0.3, -0.25) is 30.6 Å². The quantitative estimate of drug-likeness (QED) is 0.308. The number of nitrogens with zero attached hydrogens (tertiary/aromatic N) is 2. The zero-order valence-corrected chi connectivity index (χ0v) is 26.9. The van der Waals surface area contributed by atoms with Crippen LogP contribution < -0.4 is 20.7 Å². The van der Waals surface area contributed by atoms with Crippen molar-refractivity contribution < 1.29 is 5.11 Å². The van der Waals surface area contributed by atoms with E-state index in [4.69, 9.17) is 4.98 Å². The second-order valence-corrected chi connectivity index (χ2v) is 16.4. The summed E-state index contributed by atoms with van der Waals surface area (Å²) in [5.74, 6) is 1.27. The van der Waals surface area contributed by atoms with E-state index in [0.717, 1.165) is 37.2 Å². The zero-order valence-electron chi connectivity index (χ0n) is 26.1. The lowest BCUT2D eigenvalue weighted by atomic mass is 9.78. The van der Waals surface area contributed by atoms with Crippen LogP contribution >= 0.6 is 11.9 Å². The lowest BCUT2D eigenvalue weighted by molar-refractivity contribution is 0.00552. The van der Waals surface area contributed by atoms with Crippen molar-refractivity contribution in [3.05, 3.63) is 29.6 Å². The maximum absolute atomic E-state index is 10.7. The molecule has 7 unspecified atom stereocenters. The Hall–Kier alpha value is -0.740. The Morgan fingerprint density at radius 2 is 1.80 bits per heavy atom. The van der Waals surface area contributed by atoms with Gasteiger partial charge in [0.25, 0.3) is 0 Å². The zero-order chi connectivity index (χ0) is 28.7. The van der Waals surface area contributed by atoms with Crippen molar-refractivity contribution >= 4 is 11.9 Å². The Morgan fingerprint density at radius 1 is 1.00 bits per heavy atom. The summed E-state index contributed by atoms with van der Waals surface area (Å²) in [4.78, 5) is 7.67. The number of piperidine rings is 2. The number of hydrogen-bond acceptors (Lipinski definition) is 8. The molecule has 0 radical (unpaired) electrons. The van der Waals surface area contributed by atoms with Gasteiger partial charge in [0.1, 0.15) is 0 Å². The molecule has 0 amide bonds. The maximum atomic E-state index is 10.7. The summed E-state index contributed by atoms with van der Waals surface area (Å²) in [6.07, 6.45) is 12.1. The highest BCUT2D eigenvalue weighted by atomic mass is 32.2. The molecule has 0 aliphatic carbocycles. The summed E-state index contributed by atoms with van der Waals surface area (Å²) in [5, 5.41) is 23.2. The molecule has 7 nitrogen and oxygen atoms in total. The van der Waals surface area contributed by atoms with Crippen molar-refractivity contribution in [2.45, 2.75) is 141 Å². The maximum Gasteiger partial charge on any atom is 0.0841 e. The molecule has 1 aromatic heterocycles. The third-order valence-electron chi connectivity index (χ3n) is 10.1. The highest BCUT2D eigenvalue weighted by Gasteiger charge is 2.47. The van der Waals surface area contributed by atoms with Crippen molar-refractivity contribution in [1.82, 2.24) is 30.6 Å². The van der Waals surface area contributed by atoms with Crippen LogP contribution in [0.2, 0.25) is 0 Å². The van der Waals surface area contributed by atoms with Gasteiger partial charge >= 0.3 is 0 Å². The van der Waals surface area contributed by atoms with Gasteiger partial charge in [-0.25, -0.2) is 0 Å². The highest BCUT2D eigenvalue weighted by molar-refractivity contribution is 7.98. The van der Waals surface area contributed by atoms with E-state index < -0.39 is 5.60 Å². The molecule has 4 aliphatic heterocycles. The number of aromatic nitrogens is 1. The molecule has 0 aromatic carbocycles. The minimum absolute atomic E-state index is 0.157. The van der Waals surface area contributed by atoms with E-state index in [1.54, 1.807) is 0 Å². The van der Waals surface area contributed by atoms with E-state index in [9.17, 15) is 5.11 Å². The first kappa shape index (κ1) is 30.7. The first-order chi connectivity index (χ1) is 18.8. The summed E-state index contributed by atoms with van der Waals surface area (Å²) >= 11 is 1.90. The van der Waals surface area contributed by atoms with Crippen LogP contribution in [0.4, 0.5) is 0 Å². The van der Waals surface area contributed by atoms with Crippen molar-refractivity contribution in [3.63, 3.8) is 0 Å². The molecule has 40 heavy (non-hydrogen) atoms. The molecular weight excluding hydrogens is 516 g/mol. The van der Waals surface area contributed by atoms with E-state index >= 15 is 0 Å². The second-order valence-electron chi connectivity index (χ2n) is 15.3. The van der Waals surface area contributed by atoms with Crippen molar-refractivity contribution in [2.24, 2.45) is 17.3 Å². The average molecular weight is 573 g/mol. The van der Waals surface area contributed by atoms with Crippen LogP contribution in [0, 0.1) is 17.3 Å². The average Bonchev–Trinajstić information content (AvgIpc) is 3.19. The molecule has 8 atom stereocenters. The molecule has 4 aliphatic rings. The van der Waals surface area contributed by atoms with Crippen LogP contribution in [0.3, 0.4) is 0 Å². The molecule has 0 saturated carbocycles. The van der Waals surface area contributed by atoms with Crippen LogP contribution in [0.15, 0.2) is 18.3 Å². The summed E-state index contributed by atoms with van der Waals surface area (Å²) in [5.41, 5.74) is 1.54. The van der Waals surface area contributed by atoms with E-state index in [2.05, 4.69) is 66.3 Å². The van der Waals surface area contributed by atoms with Crippen LogP contribution in [0.25, 0.3) is 0 Å². The van der Waals surface area contributed by atoms with Gasteiger partial charge in [-0.2, -0.15) is 0 Å². The molecular formula is C32H56N6OS. The Balaban J connectivity index is 1.41. The standard InChI is InChI=1S/C32H56N6OS/c1-30(2,3)26-14-12-22-19-34-40-28-10-8-9-27(37-28)35-24(25-17-23(15-16-33-25)32(6,7)39)13-11-21-18-31(4,5)38(20-21)29(22)36-26/h15-17,21-22,24,26-29,34-37,39H,8-14,18-20H2,1-7H3/t21-,22?,24?,26?,27?,28?,29?/m0/s1. The van der Waals surface area contributed by atoms with Gasteiger partial charge in [-0.05, 0) is 108 Å². The monoisotopic (exact) mass is 572 g/mol. The molecule has 0 spiro atoms. The first-order valence-electron chi connectivity index (χ1n) is 15.9. The van der Waals surface area contributed by atoms with Crippen molar-refractivity contribution in [3.8, 4) is 0 Å². The number of rotatable bonds is 2. The summed E-state index contributed by atoms with van der Waals surface area (Å²) in [6.45, 7) is 18.0. The predicted molar refractivity (Wildman–Crippen MR) is 167 cm³/mol. The molecule has 5 heterocycles. The van der Waals surface area contributed by atoms with E-state index in [1.165, 1.54) is 38.5 Å². The molecule has 8 heteroatoms. The van der Waals surface area contributed by atoms with Gasteiger partial charge in [0.15, 0.2) is 0 Å². The van der Waals surface area contributed by atoms with Crippen LogP contribution in [0.1, 0.15) is 117 Å². The molecule has 4 fully saturated rings. The first-order valence-corrected chi connectivity index (χ1v) is 16.8. The Kier molecular flexibility index (Phi) is 9.29. The van der Waals surface area contributed by atoms with E-state index in [0.29, 0.717) is 29.4 Å². The minimum atomic E-state index is -0.877. The Labute approximate surface area is 247 Å². The second kappa shape index (κ2) is 12.1. The molecule has 226 valence electrons. The molecule has 1 aromatic rings. The fourth-order valence-electron chi connectivity index (χ4n) is 7.66. The molecule has 4 bridgehead atoms. The van der Waals surface area contributed by atoms with Gasteiger partial charge in [-0.1, -0.05) is 32.7 Å². The van der Waals surface area contributed by atoms with Gasteiger partial charge in [0, 0.05) is 36.8 Å². The summed E-state index contributed by atoms with van der Waals surface area (Å²) < 4.78 is 3.84. The molecule has 5 N–H and O–H groups in total. The normalized spacial score (nSPS) is 37.7. The lowest BCUT2D eigenvalue weighted by Crippen LogP contribution is -2.63. The topological polar surface area (TPSA) is 84.5 Å². The number of nitrogens with one attached hydrogen (secondary N) is 4. The van der Waals surface area contributed by atoms with E-state index in [-0.39, 0.29) is 23.2 Å². The third kappa shape index (κ3) is 7.24. The van der Waals surface area contributed by atoms with Crippen LogP contribution in [-0.2, 0) is 5.60 Å². The number of aliphatic hydroxyl groups is 1. The fraction of sp³-hybridized carbons (Fsp3) is 0.844. The Morgan fingerprint density at radius 3 is 2.55 bits per heavy atom. The van der Waals surface area contributed by atoms with Crippen LogP contribution in [-0.4, -0.2) is 57.4 Å². The predicted octanol–water partition coefficient (Wildman–Crippen LogP) is 5.24. The smallest absolute Gasteiger partial charge is 0.0841 e. The SMILES string of the molecule is CC(C)(O)c1ccnc(C2CC[C@@H]3CN(C4NC(C(C)(C)C)CCC4CNSC4CCCC(N4)N2)C(C)(C)C3)c1. The van der Waals surface area contributed by atoms with E-state index in [1.807, 2.05) is 38.1 Å².